The first-order valence-corrected chi connectivity index (χ1v) is 3.09. The third-order valence-corrected chi connectivity index (χ3v) is 1.45. The van der Waals surface area contributed by atoms with E-state index >= 15 is 0 Å². The lowest BCUT2D eigenvalue weighted by Crippen LogP contribution is -2.06. The Labute approximate surface area is 62.8 Å². The quantitative estimate of drug-likeness (QED) is 0.599. The van der Waals surface area contributed by atoms with Gasteiger partial charge in [0.25, 0.3) is 0 Å². The van der Waals surface area contributed by atoms with Gasteiger partial charge in [0.2, 0.25) is 0 Å². The molecule has 0 atom stereocenters. The Balaban J connectivity index is 3.29. The highest BCUT2D eigenvalue weighted by Crippen LogP contribution is 2.18. The minimum atomic E-state index is -0.633. The number of hydrogen-bond donors (Lipinski definition) is 2. The van der Waals surface area contributed by atoms with Crippen LogP contribution in [0.3, 0.4) is 0 Å². The molecule has 0 aliphatic carbocycles. The average Bonchev–Trinajstić information content (AvgIpc) is 1.99. The van der Waals surface area contributed by atoms with E-state index in [0.29, 0.717) is 0 Å². The number of anilines is 1. The van der Waals surface area contributed by atoms with Crippen LogP contribution in [0, 0.1) is 11.6 Å². The normalized spacial score (nSPS) is 10.1. The van der Waals surface area contributed by atoms with E-state index in [-0.39, 0.29) is 17.8 Å². The zero-order chi connectivity index (χ0) is 8.43. The molecule has 0 spiro atoms. The molecule has 0 radical (unpaired) electrons. The molecule has 0 fully saturated rings. The van der Waals surface area contributed by atoms with Crippen LogP contribution in [0.5, 0.6) is 0 Å². The van der Waals surface area contributed by atoms with Gasteiger partial charge in [-0.25, -0.2) is 8.78 Å². The molecular formula is C7H8F2N2. The zero-order valence-corrected chi connectivity index (χ0v) is 5.77. The molecule has 11 heavy (non-hydrogen) atoms. The molecule has 2 nitrogen and oxygen atoms in total. The molecule has 0 aromatic heterocycles. The molecule has 60 valence electrons. The lowest BCUT2D eigenvalue weighted by atomic mass is 10.1. The Morgan fingerprint density at radius 2 is 1.73 bits per heavy atom. The summed E-state index contributed by atoms with van der Waals surface area (Å²) in [6.45, 7) is -0.0879. The summed E-state index contributed by atoms with van der Waals surface area (Å²) < 4.78 is 25.3. The van der Waals surface area contributed by atoms with Gasteiger partial charge < -0.3 is 11.5 Å². The fourth-order valence-corrected chi connectivity index (χ4v) is 0.817. The van der Waals surface area contributed by atoms with Crippen LogP contribution in [0.1, 0.15) is 5.56 Å². The Bertz CT molecular complexity index is 273. The van der Waals surface area contributed by atoms with E-state index in [1.807, 2.05) is 0 Å². The molecule has 0 aliphatic rings. The second-order valence-electron chi connectivity index (χ2n) is 2.13. The summed E-state index contributed by atoms with van der Waals surface area (Å²) in [5, 5.41) is 0. The third kappa shape index (κ3) is 1.30. The summed E-state index contributed by atoms with van der Waals surface area (Å²) in [6, 6.07) is 1.98. The minimum Gasteiger partial charge on any atom is -0.396 e. The molecule has 0 aliphatic heterocycles. The van der Waals surface area contributed by atoms with Gasteiger partial charge >= 0.3 is 0 Å². The maximum Gasteiger partial charge on any atom is 0.146 e. The van der Waals surface area contributed by atoms with Crippen LogP contribution < -0.4 is 11.5 Å². The zero-order valence-electron chi connectivity index (χ0n) is 5.77. The highest BCUT2D eigenvalue weighted by molar-refractivity contribution is 5.48. The summed E-state index contributed by atoms with van der Waals surface area (Å²) in [5.74, 6) is -1.20. The molecule has 1 rings (SSSR count). The smallest absolute Gasteiger partial charge is 0.146 e. The van der Waals surface area contributed by atoms with E-state index in [2.05, 4.69) is 0 Å². The fraction of sp³-hybridized carbons (Fsp3) is 0.143. The van der Waals surface area contributed by atoms with E-state index < -0.39 is 11.6 Å². The number of nitrogen functional groups attached to an aromatic ring is 1. The first kappa shape index (κ1) is 7.94. The molecule has 4 heteroatoms. The number of halogens is 2. The van der Waals surface area contributed by atoms with Crippen LogP contribution in [-0.4, -0.2) is 0 Å². The van der Waals surface area contributed by atoms with Crippen LogP contribution in [0.25, 0.3) is 0 Å². The van der Waals surface area contributed by atoms with Crippen LogP contribution >= 0.6 is 0 Å². The summed E-state index contributed by atoms with van der Waals surface area (Å²) >= 11 is 0. The maximum atomic E-state index is 12.7. The van der Waals surface area contributed by atoms with E-state index in [0.717, 1.165) is 12.1 Å². The SMILES string of the molecule is NCc1c(F)ccc(F)c1N. The van der Waals surface area contributed by atoms with Crippen molar-refractivity contribution in [2.45, 2.75) is 6.54 Å². The van der Waals surface area contributed by atoms with Crippen molar-refractivity contribution in [2.75, 3.05) is 5.73 Å². The second-order valence-corrected chi connectivity index (χ2v) is 2.13. The first-order valence-electron chi connectivity index (χ1n) is 3.09. The standard InChI is InChI=1S/C7H8F2N2/c8-5-1-2-6(9)7(11)4(5)3-10/h1-2H,3,10-11H2. The van der Waals surface area contributed by atoms with Crippen LogP contribution in [-0.2, 0) is 6.54 Å². The number of nitrogens with two attached hydrogens (primary N) is 2. The van der Waals surface area contributed by atoms with Gasteiger partial charge in [-0.3, -0.25) is 0 Å². The lowest BCUT2D eigenvalue weighted by Gasteiger charge is -2.03. The molecule has 0 bridgehead atoms. The third-order valence-electron chi connectivity index (χ3n) is 1.45. The van der Waals surface area contributed by atoms with Crippen molar-refractivity contribution >= 4 is 5.69 Å². The molecule has 1 aromatic carbocycles. The van der Waals surface area contributed by atoms with Crippen molar-refractivity contribution in [1.82, 2.24) is 0 Å². The second kappa shape index (κ2) is 2.84. The monoisotopic (exact) mass is 158 g/mol. The van der Waals surface area contributed by atoms with Gasteiger partial charge in [-0.05, 0) is 12.1 Å². The maximum absolute atomic E-state index is 12.7. The predicted molar refractivity (Wildman–Crippen MR) is 38.7 cm³/mol. The van der Waals surface area contributed by atoms with Crippen molar-refractivity contribution in [2.24, 2.45) is 5.73 Å². The van der Waals surface area contributed by atoms with Gasteiger partial charge in [-0.15, -0.1) is 0 Å². The fourth-order valence-electron chi connectivity index (χ4n) is 0.817. The Morgan fingerprint density at radius 1 is 1.18 bits per heavy atom. The van der Waals surface area contributed by atoms with Crippen molar-refractivity contribution in [1.29, 1.82) is 0 Å². The highest BCUT2D eigenvalue weighted by atomic mass is 19.1. The highest BCUT2D eigenvalue weighted by Gasteiger charge is 2.08. The van der Waals surface area contributed by atoms with Crippen molar-refractivity contribution in [3.63, 3.8) is 0 Å². The van der Waals surface area contributed by atoms with Crippen molar-refractivity contribution in [3.8, 4) is 0 Å². The topological polar surface area (TPSA) is 52.0 Å². The molecular weight excluding hydrogens is 150 g/mol. The van der Waals surface area contributed by atoms with Gasteiger partial charge in [-0.1, -0.05) is 0 Å². The number of rotatable bonds is 1. The molecule has 1 aromatic rings. The minimum absolute atomic E-state index is 0.0324. The molecule has 0 saturated heterocycles. The largest absolute Gasteiger partial charge is 0.396 e. The number of hydrogen-bond acceptors (Lipinski definition) is 2. The van der Waals surface area contributed by atoms with Gasteiger partial charge in [0.1, 0.15) is 11.6 Å². The van der Waals surface area contributed by atoms with E-state index in [4.69, 9.17) is 11.5 Å². The average molecular weight is 158 g/mol. The predicted octanol–water partition coefficient (Wildman–Crippen LogP) is 1.01. The summed E-state index contributed by atoms with van der Waals surface area (Å²) in [7, 11) is 0. The van der Waals surface area contributed by atoms with Crippen LogP contribution in [0.4, 0.5) is 14.5 Å². The Hall–Kier alpha value is -1.16. The molecule has 0 heterocycles. The van der Waals surface area contributed by atoms with E-state index in [9.17, 15) is 8.78 Å². The summed E-state index contributed by atoms with van der Waals surface area (Å²) in [4.78, 5) is 0. The number of benzene rings is 1. The molecule has 0 unspecified atom stereocenters. The van der Waals surface area contributed by atoms with Crippen LogP contribution in [0.15, 0.2) is 12.1 Å². The van der Waals surface area contributed by atoms with Gasteiger partial charge in [0.15, 0.2) is 0 Å². The van der Waals surface area contributed by atoms with Gasteiger partial charge in [-0.2, -0.15) is 0 Å². The Kier molecular flexibility index (Phi) is 2.05. The van der Waals surface area contributed by atoms with E-state index in [1.54, 1.807) is 0 Å². The van der Waals surface area contributed by atoms with Gasteiger partial charge in [0, 0.05) is 12.1 Å². The van der Waals surface area contributed by atoms with Gasteiger partial charge in [0.05, 0.1) is 5.69 Å². The van der Waals surface area contributed by atoms with E-state index in [1.165, 1.54) is 0 Å². The lowest BCUT2D eigenvalue weighted by molar-refractivity contribution is 0.590. The molecule has 0 amide bonds. The first-order chi connectivity index (χ1) is 5.16. The molecule has 0 saturated carbocycles. The summed E-state index contributed by atoms with van der Waals surface area (Å²) in [6.07, 6.45) is 0. The molecule has 4 N–H and O–H groups in total. The Morgan fingerprint density at radius 3 is 2.18 bits per heavy atom. The van der Waals surface area contributed by atoms with Crippen LogP contribution in [0.2, 0.25) is 0 Å². The van der Waals surface area contributed by atoms with Crippen molar-refractivity contribution < 1.29 is 8.78 Å². The summed E-state index contributed by atoms with van der Waals surface area (Å²) in [5.41, 5.74) is 10.2. The van der Waals surface area contributed by atoms with Crippen molar-refractivity contribution in [3.05, 3.63) is 29.3 Å².